The second-order valence-corrected chi connectivity index (χ2v) is 11.1. The first-order valence-electron chi connectivity index (χ1n) is 11.8. The van der Waals surface area contributed by atoms with Crippen molar-refractivity contribution < 1.29 is 9.84 Å². The smallest absolute Gasteiger partial charge is 0.0917 e. The summed E-state index contributed by atoms with van der Waals surface area (Å²) in [5, 5.41) is 13.8. The summed E-state index contributed by atoms with van der Waals surface area (Å²) < 4.78 is 6.27. The van der Waals surface area contributed by atoms with Crippen molar-refractivity contribution in [3.63, 3.8) is 0 Å². The molecule has 0 aromatic rings. The van der Waals surface area contributed by atoms with Crippen LogP contribution in [0.1, 0.15) is 66.2 Å². The lowest BCUT2D eigenvalue weighted by atomic mass is 9.45. The van der Waals surface area contributed by atoms with Crippen LogP contribution in [0.15, 0.2) is 22.8 Å². The Bertz CT molecular complexity index is 705. The van der Waals surface area contributed by atoms with Gasteiger partial charge in [-0.15, -0.1) is 0 Å². The van der Waals surface area contributed by atoms with Gasteiger partial charge in [-0.25, -0.2) is 0 Å². The molecule has 2 N–H and O–H groups in total. The van der Waals surface area contributed by atoms with Crippen LogP contribution in [0.25, 0.3) is 0 Å². The highest BCUT2D eigenvalue weighted by atomic mass is 16.5. The number of hydrogen-bond acceptors (Lipinski definition) is 3. The molecule has 8 atom stereocenters. The van der Waals surface area contributed by atoms with Gasteiger partial charge in [-0.05, 0) is 85.5 Å². The third kappa shape index (κ3) is 2.65. The Balaban J connectivity index is 1.49. The number of aliphatic hydroxyl groups is 1. The van der Waals surface area contributed by atoms with Crippen molar-refractivity contribution in [1.29, 1.82) is 0 Å². The molecular weight excluding hydrogens is 346 g/mol. The van der Waals surface area contributed by atoms with E-state index >= 15 is 0 Å². The van der Waals surface area contributed by atoms with E-state index < -0.39 is 0 Å². The number of hydrogen-bond donors (Lipinski definition) is 2. The molecule has 5 rings (SSSR count). The van der Waals surface area contributed by atoms with Gasteiger partial charge in [-0.2, -0.15) is 0 Å². The van der Waals surface area contributed by atoms with Crippen LogP contribution in [0.5, 0.6) is 0 Å². The molecule has 3 heteroatoms. The van der Waals surface area contributed by atoms with Crippen molar-refractivity contribution in [2.24, 2.45) is 34.5 Å². The molecular formula is C25H39NO2. The topological polar surface area (TPSA) is 41.5 Å². The van der Waals surface area contributed by atoms with E-state index in [1.807, 2.05) is 0 Å². The van der Waals surface area contributed by atoms with Crippen LogP contribution >= 0.6 is 0 Å². The Kier molecular flexibility index (Phi) is 4.61. The van der Waals surface area contributed by atoms with E-state index in [9.17, 15) is 5.11 Å². The summed E-state index contributed by atoms with van der Waals surface area (Å²) in [5.74, 6) is 2.93. The summed E-state index contributed by atoms with van der Waals surface area (Å²) in [5.41, 5.74) is 5.46. The van der Waals surface area contributed by atoms with Gasteiger partial charge >= 0.3 is 0 Å². The Morgan fingerprint density at radius 3 is 2.64 bits per heavy atom. The van der Waals surface area contributed by atoms with Crippen LogP contribution in [0, 0.1) is 34.5 Å². The summed E-state index contributed by atoms with van der Waals surface area (Å²) in [6.45, 7) is 12.8. The van der Waals surface area contributed by atoms with Gasteiger partial charge in [0.05, 0.1) is 18.8 Å². The van der Waals surface area contributed by atoms with E-state index in [0.717, 1.165) is 50.3 Å². The summed E-state index contributed by atoms with van der Waals surface area (Å²) in [6.07, 6.45) is 9.73. The van der Waals surface area contributed by atoms with Gasteiger partial charge in [0, 0.05) is 13.1 Å². The third-order valence-electron chi connectivity index (χ3n) is 9.65. The predicted octanol–water partition coefficient (Wildman–Crippen LogP) is 4.47. The van der Waals surface area contributed by atoms with Crippen LogP contribution in [-0.2, 0) is 4.74 Å². The average Bonchev–Trinajstić information content (AvgIpc) is 2.94. The van der Waals surface area contributed by atoms with Crippen LogP contribution in [-0.4, -0.2) is 37.0 Å². The van der Waals surface area contributed by atoms with Crippen molar-refractivity contribution in [3.8, 4) is 0 Å². The number of nitrogens with one attached hydrogen (secondary N) is 1. The molecule has 1 unspecified atom stereocenters. The summed E-state index contributed by atoms with van der Waals surface area (Å²) in [6, 6.07) is 0. The van der Waals surface area contributed by atoms with Gasteiger partial charge in [0.25, 0.3) is 0 Å². The van der Waals surface area contributed by atoms with Crippen molar-refractivity contribution in [3.05, 3.63) is 22.8 Å². The minimum atomic E-state index is -0.116. The molecule has 1 saturated heterocycles. The zero-order valence-corrected chi connectivity index (χ0v) is 18.3. The fourth-order valence-electron chi connectivity index (χ4n) is 8.36. The number of allylic oxidation sites excluding steroid dienone is 2. The normalized spacial score (nSPS) is 51.2. The quantitative estimate of drug-likeness (QED) is 0.654. The second kappa shape index (κ2) is 6.68. The third-order valence-corrected chi connectivity index (χ3v) is 9.65. The first-order valence-corrected chi connectivity index (χ1v) is 11.8. The molecule has 3 fully saturated rings. The van der Waals surface area contributed by atoms with E-state index in [2.05, 4.69) is 39.1 Å². The Labute approximate surface area is 171 Å². The zero-order chi connectivity index (χ0) is 19.7. The van der Waals surface area contributed by atoms with Crippen molar-refractivity contribution in [2.45, 2.75) is 78.4 Å². The molecule has 28 heavy (non-hydrogen) atoms. The van der Waals surface area contributed by atoms with Gasteiger partial charge in [0.2, 0.25) is 0 Å². The molecule has 1 aliphatic heterocycles. The molecule has 4 aliphatic carbocycles. The average molecular weight is 386 g/mol. The lowest BCUT2D eigenvalue weighted by Gasteiger charge is -2.59. The molecule has 156 valence electrons. The molecule has 0 aromatic carbocycles. The van der Waals surface area contributed by atoms with Crippen LogP contribution < -0.4 is 5.32 Å². The van der Waals surface area contributed by atoms with Crippen LogP contribution in [0.2, 0.25) is 0 Å². The first kappa shape index (κ1) is 19.3. The number of ether oxygens (including phenoxy) is 1. The lowest BCUT2D eigenvalue weighted by molar-refractivity contribution is -0.0572. The maximum atomic E-state index is 10.3. The molecule has 0 aromatic heterocycles. The zero-order valence-electron chi connectivity index (χ0n) is 18.3. The number of fused-ring (bicyclic) bond motifs is 5. The van der Waals surface area contributed by atoms with Crippen molar-refractivity contribution >= 4 is 0 Å². The monoisotopic (exact) mass is 385 g/mol. The highest BCUT2D eigenvalue weighted by Gasteiger charge is 2.59. The Hall–Kier alpha value is -0.640. The molecule has 0 amide bonds. The van der Waals surface area contributed by atoms with Crippen molar-refractivity contribution in [2.75, 3.05) is 19.7 Å². The van der Waals surface area contributed by atoms with Gasteiger partial charge in [-0.3, -0.25) is 0 Å². The highest BCUT2D eigenvalue weighted by Crippen LogP contribution is 2.67. The Morgan fingerprint density at radius 1 is 1.11 bits per heavy atom. The second-order valence-electron chi connectivity index (χ2n) is 11.1. The molecule has 2 saturated carbocycles. The van der Waals surface area contributed by atoms with Gasteiger partial charge in [0.15, 0.2) is 0 Å². The highest BCUT2D eigenvalue weighted by molar-refractivity contribution is 5.36. The SMILES string of the molecule is CC1=C(C2CNCCO2)[C@@]2(C)CC[C@H]3[C@@H]([C@@H](C)C=C4C[C@@H](O)CC[C@@]43C)[C@@H]2C1. The number of rotatable bonds is 1. The molecule has 0 bridgehead atoms. The standard InChI is InChI=1S/C25H39NO2/c1-15-11-17-13-18(27)5-7-24(17,3)19-6-8-25(4)20(22(15)19)12-16(2)23(25)21-14-26-9-10-28-21/h11,15,18-22,26-27H,5-10,12-14H2,1-4H3/t15-,18-,19-,20-,21?,22+,24-,25-/m0/s1. The fourth-order valence-corrected chi connectivity index (χ4v) is 8.36. The number of morpholine rings is 1. The van der Waals surface area contributed by atoms with E-state index in [1.165, 1.54) is 25.7 Å². The Morgan fingerprint density at radius 2 is 1.89 bits per heavy atom. The predicted molar refractivity (Wildman–Crippen MR) is 113 cm³/mol. The summed E-state index contributed by atoms with van der Waals surface area (Å²) in [7, 11) is 0. The van der Waals surface area contributed by atoms with Crippen LogP contribution in [0.4, 0.5) is 0 Å². The maximum absolute atomic E-state index is 10.3. The molecule has 1 heterocycles. The minimum Gasteiger partial charge on any atom is -0.393 e. The van der Waals surface area contributed by atoms with Gasteiger partial charge in [0.1, 0.15) is 0 Å². The molecule has 3 nitrogen and oxygen atoms in total. The first-order chi connectivity index (χ1) is 13.3. The van der Waals surface area contributed by atoms with E-state index in [4.69, 9.17) is 4.74 Å². The summed E-state index contributed by atoms with van der Waals surface area (Å²) >= 11 is 0. The summed E-state index contributed by atoms with van der Waals surface area (Å²) in [4.78, 5) is 0. The number of aliphatic hydroxyl groups excluding tert-OH is 1. The van der Waals surface area contributed by atoms with Gasteiger partial charge in [-0.1, -0.05) is 38.0 Å². The van der Waals surface area contributed by atoms with Crippen molar-refractivity contribution in [1.82, 2.24) is 5.32 Å². The van der Waals surface area contributed by atoms with E-state index in [-0.39, 0.29) is 12.2 Å². The molecule has 0 spiro atoms. The van der Waals surface area contributed by atoms with Crippen LogP contribution in [0.3, 0.4) is 0 Å². The molecule has 0 radical (unpaired) electrons. The largest absolute Gasteiger partial charge is 0.393 e. The lowest BCUT2D eigenvalue weighted by Crippen LogP contribution is -2.53. The van der Waals surface area contributed by atoms with E-state index in [1.54, 1.807) is 16.7 Å². The van der Waals surface area contributed by atoms with Gasteiger partial charge < -0.3 is 15.2 Å². The van der Waals surface area contributed by atoms with E-state index in [0.29, 0.717) is 16.7 Å². The fraction of sp³-hybridized carbons (Fsp3) is 0.840. The minimum absolute atomic E-state index is 0.116. The molecule has 5 aliphatic rings. The maximum Gasteiger partial charge on any atom is 0.0917 e.